The number of hydrogen-bond donors (Lipinski definition) is 1. The monoisotopic (exact) mass is 352 g/mol. The van der Waals surface area contributed by atoms with Gasteiger partial charge in [-0.25, -0.2) is 13.8 Å². The van der Waals surface area contributed by atoms with E-state index in [-0.39, 0.29) is 11.7 Å². The van der Waals surface area contributed by atoms with E-state index in [1.54, 1.807) is 31.5 Å². The van der Waals surface area contributed by atoms with Crippen molar-refractivity contribution in [2.45, 2.75) is 25.3 Å². The van der Waals surface area contributed by atoms with Gasteiger partial charge in [0.2, 0.25) is 0 Å². The van der Waals surface area contributed by atoms with Crippen LogP contribution in [-0.4, -0.2) is 59.6 Å². The van der Waals surface area contributed by atoms with Gasteiger partial charge < -0.3 is 15.0 Å². The highest BCUT2D eigenvalue weighted by atomic mass is 19.3. The number of pyridine rings is 1. The molecule has 136 valence electrons. The van der Waals surface area contributed by atoms with Crippen molar-refractivity contribution in [1.82, 2.24) is 19.6 Å². The molecule has 2 aromatic rings. The highest BCUT2D eigenvalue weighted by Crippen LogP contribution is 2.24. The molecule has 1 fully saturated rings. The van der Waals surface area contributed by atoms with Crippen molar-refractivity contribution in [3.05, 3.63) is 35.8 Å². The minimum Gasteiger partial charge on any atom is -0.383 e. The van der Waals surface area contributed by atoms with Gasteiger partial charge in [0, 0.05) is 39.0 Å². The van der Waals surface area contributed by atoms with Crippen LogP contribution in [0.1, 0.15) is 35.4 Å². The molecular formula is C17H22F2N4O2. The van der Waals surface area contributed by atoms with Crippen molar-refractivity contribution >= 4 is 11.6 Å². The molecule has 0 spiro atoms. The number of methoxy groups -OCH3 is 1. The number of alkyl halides is 2. The summed E-state index contributed by atoms with van der Waals surface area (Å²) >= 11 is 0. The number of fused-ring (bicyclic) bond motifs is 1. The van der Waals surface area contributed by atoms with Crippen LogP contribution in [0.4, 0.5) is 8.78 Å². The smallest absolute Gasteiger partial charge is 0.282 e. The first kappa shape index (κ1) is 17.8. The molecule has 0 saturated carbocycles. The molecular weight excluding hydrogens is 330 g/mol. The minimum atomic E-state index is -2.79. The van der Waals surface area contributed by atoms with Gasteiger partial charge in [0.15, 0.2) is 0 Å². The van der Waals surface area contributed by atoms with Crippen LogP contribution >= 0.6 is 0 Å². The molecule has 0 bridgehead atoms. The largest absolute Gasteiger partial charge is 0.383 e. The van der Waals surface area contributed by atoms with E-state index in [9.17, 15) is 13.6 Å². The second-order valence-electron chi connectivity index (χ2n) is 6.16. The normalized spacial score (nSPS) is 16.6. The zero-order valence-electron chi connectivity index (χ0n) is 14.1. The van der Waals surface area contributed by atoms with Gasteiger partial charge in [0.1, 0.15) is 17.0 Å². The number of likely N-dealkylation sites (tertiary alicyclic amines) is 1. The first-order valence-electron chi connectivity index (χ1n) is 8.37. The number of carbonyl (C=O) groups is 1. The van der Waals surface area contributed by atoms with Crippen LogP contribution in [-0.2, 0) is 4.74 Å². The number of hydrogen-bond acceptors (Lipinski definition) is 4. The first-order chi connectivity index (χ1) is 12.1. The van der Waals surface area contributed by atoms with E-state index >= 15 is 0 Å². The van der Waals surface area contributed by atoms with Crippen LogP contribution in [0.15, 0.2) is 24.4 Å². The molecule has 1 saturated heterocycles. The van der Waals surface area contributed by atoms with Crippen LogP contribution in [0, 0.1) is 0 Å². The van der Waals surface area contributed by atoms with E-state index in [4.69, 9.17) is 4.74 Å². The van der Waals surface area contributed by atoms with E-state index in [2.05, 4.69) is 15.2 Å². The molecule has 0 aliphatic carbocycles. The summed E-state index contributed by atoms with van der Waals surface area (Å²) < 4.78 is 33.1. The lowest BCUT2D eigenvalue weighted by Gasteiger charge is -2.32. The molecule has 1 N–H and O–H groups in total. The molecule has 3 heterocycles. The molecule has 25 heavy (non-hydrogen) atoms. The fraction of sp³-hybridized carbons (Fsp3) is 0.529. The molecule has 0 radical (unpaired) electrons. The molecule has 1 aliphatic rings. The molecule has 0 unspecified atom stereocenters. The predicted molar refractivity (Wildman–Crippen MR) is 89.0 cm³/mol. The summed E-state index contributed by atoms with van der Waals surface area (Å²) in [4.78, 5) is 18.8. The van der Waals surface area contributed by atoms with Crippen molar-refractivity contribution in [3.8, 4) is 0 Å². The van der Waals surface area contributed by atoms with Gasteiger partial charge in [-0.3, -0.25) is 9.20 Å². The Morgan fingerprint density at radius 1 is 1.40 bits per heavy atom. The molecule has 3 rings (SSSR count). The highest BCUT2D eigenvalue weighted by molar-refractivity contribution is 5.95. The lowest BCUT2D eigenvalue weighted by atomic mass is 10.0. The van der Waals surface area contributed by atoms with Gasteiger partial charge in [-0.05, 0) is 25.0 Å². The maximum atomic E-state index is 13.3. The van der Waals surface area contributed by atoms with Crippen LogP contribution < -0.4 is 5.32 Å². The number of carbonyl (C=O) groups excluding carboxylic acids is 1. The van der Waals surface area contributed by atoms with Crippen LogP contribution in [0.3, 0.4) is 0 Å². The average molecular weight is 352 g/mol. The average Bonchev–Trinajstić information content (AvgIpc) is 3.01. The van der Waals surface area contributed by atoms with Crippen molar-refractivity contribution in [3.63, 3.8) is 0 Å². The van der Waals surface area contributed by atoms with Crippen molar-refractivity contribution in [2.24, 2.45) is 0 Å². The van der Waals surface area contributed by atoms with Gasteiger partial charge in [0.25, 0.3) is 12.3 Å². The SMILES string of the molecule is COCCN1CCC(NC(=O)c2c(C(F)F)nc3ccccn23)CC1. The number of amides is 1. The van der Waals surface area contributed by atoms with E-state index in [1.807, 2.05) is 0 Å². The Hall–Kier alpha value is -2.06. The minimum absolute atomic E-state index is 0.0221. The maximum Gasteiger partial charge on any atom is 0.282 e. The summed E-state index contributed by atoms with van der Waals surface area (Å²) in [6.07, 6.45) is 0.361. The number of ether oxygens (including phenoxy) is 1. The third-order valence-corrected chi connectivity index (χ3v) is 4.51. The molecule has 6 nitrogen and oxygen atoms in total. The van der Waals surface area contributed by atoms with Crippen molar-refractivity contribution in [2.75, 3.05) is 33.4 Å². The van der Waals surface area contributed by atoms with Gasteiger partial charge in [0.05, 0.1) is 6.61 Å². The Morgan fingerprint density at radius 2 is 2.16 bits per heavy atom. The van der Waals surface area contributed by atoms with Gasteiger partial charge in [-0.15, -0.1) is 0 Å². The number of halogens is 2. The summed E-state index contributed by atoms with van der Waals surface area (Å²) in [5.41, 5.74) is -0.203. The Labute approximate surface area is 144 Å². The second kappa shape index (κ2) is 7.88. The quantitative estimate of drug-likeness (QED) is 0.865. The predicted octanol–water partition coefficient (Wildman–Crippen LogP) is 2.11. The zero-order valence-corrected chi connectivity index (χ0v) is 14.1. The maximum absolute atomic E-state index is 13.3. The molecule has 1 aliphatic heterocycles. The van der Waals surface area contributed by atoms with Crippen molar-refractivity contribution in [1.29, 1.82) is 0 Å². The summed E-state index contributed by atoms with van der Waals surface area (Å²) in [7, 11) is 1.67. The summed E-state index contributed by atoms with van der Waals surface area (Å²) in [6, 6.07) is 4.98. The fourth-order valence-corrected chi connectivity index (χ4v) is 3.17. The summed E-state index contributed by atoms with van der Waals surface area (Å²) in [5, 5.41) is 2.89. The standard InChI is InChI=1S/C17H22F2N4O2/c1-25-11-10-22-8-5-12(6-9-22)20-17(24)15-14(16(18)19)21-13-4-2-3-7-23(13)15/h2-4,7,12,16H,5-6,8-11H2,1H3,(H,20,24). The van der Waals surface area contributed by atoms with Gasteiger partial charge in [-0.1, -0.05) is 6.07 Å². The molecule has 0 atom stereocenters. The second-order valence-corrected chi connectivity index (χ2v) is 6.16. The van der Waals surface area contributed by atoms with Gasteiger partial charge in [-0.2, -0.15) is 0 Å². The lowest BCUT2D eigenvalue weighted by Crippen LogP contribution is -2.45. The third kappa shape index (κ3) is 3.96. The molecule has 0 aromatic carbocycles. The zero-order chi connectivity index (χ0) is 17.8. The van der Waals surface area contributed by atoms with E-state index in [0.29, 0.717) is 12.3 Å². The number of rotatable bonds is 6. The number of imidazole rings is 1. The Kier molecular flexibility index (Phi) is 5.60. The number of aromatic nitrogens is 2. The van der Waals surface area contributed by atoms with E-state index < -0.39 is 18.0 Å². The number of piperidine rings is 1. The highest BCUT2D eigenvalue weighted by Gasteiger charge is 2.28. The Morgan fingerprint density at radius 3 is 2.84 bits per heavy atom. The Bertz CT molecular complexity index is 727. The number of nitrogens with one attached hydrogen (secondary N) is 1. The first-order valence-corrected chi connectivity index (χ1v) is 8.37. The Balaban J connectivity index is 1.70. The van der Waals surface area contributed by atoms with Crippen molar-refractivity contribution < 1.29 is 18.3 Å². The topological polar surface area (TPSA) is 58.9 Å². The fourth-order valence-electron chi connectivity index (χ4n) is 3.17. The van der Waals surface area contributed by atoms with Gasteiger partial charge >= 0.3 is 0 Å². The van der Waals surface area contributed by atoms with E-state index in [0.717, 1.165) is 32.5 Å². The van der Waals surface area contributed by atoms with Crippen LogP contribution in [0.25, 0.3) is 5.65 Å². The molecule has 2 aromatic heterocycles. The van der Waals surface area contributed by atoms with Crippen LogP contribution in [0.2, 0.25) is 0 Å². The number of nitrogens with zero attached hydrogens (tertiary/aromatic N) is 3. The summed E-state index contributed by atoms with van der Waals surface area (Å²) in [6.45, 7) is 3.24. The van der Waals surface area contributed by atoms with E-state index in [1.165, 1.54) is 4.40 Å². The lowest BCUT2D eigenvalue weighted by molar-refractivity contribution is 0.0873. The molecule has 1 amide bonds. The molecule has 8 heteroatoms. The third-order valence-electron chi connectivity index (χ3n) is 4.51. The summed E-state index contributed by atoms with van der Waals surface area (Å²) in [5.74, 6) is -0.496. The van der Waals surface area contributed by atoms with Crippen LogP contribution in [0.5, 0.6) is 0 Å².